The lowest BCUT2D eigenvalue weighted by Gasteiger charge is -2.23. The Labute approximate surface area is 155 Å². The number of nitrogens with zero attached hydrogens (tertiary/aromatic N) is 2. The van der Waals surface area contributed by atoms with Gasteiger partial charge in [0.15, 0.2) is 0 Å². The monoisotopic (exact) mass is 361 g/mol. The van der Waals surface area contributed by atoms with Crippen molar-refractivity contribution in [3.63, 3.8) is 0 Å². The number of aryl methyl sites for hydroxylation is 2. The Morgan fingerprint density at radius 1 is 1.31 bits per heavy atom. The molecular formula is C20H31N3O3. The third kappa shape index (κ3) is 4.01. The van der Waals surface area contributed by atoms with E-state index in [0.29, 0.717) is 19.1 Å². The molecule has 0 spiro atoms. The molecule has 144 valence electrons. The summed E-state index contributed by atoms with van der Waals surface area (Å²) in [5.74, 6) is -0.253. The molecule has 1 amide bonds. The van der Waals surface area contributed by atoms with Gasteiger partial charge in [-0.05, 0) is 64.3 Å². The van der Waals surface area contributed by atoms with Gasteiger partial charge in [0.05, 0.1) is 12.6 Å². The van der Waals surface area contributed by atoms with Crippen molar-refractivity contribution >= 4 is 5.91 Å². The van der Waals surface area contributed by atoms with Crippen LogP contribution >= 0.6 is 0 Å². The predicted octanol–water partition coefficient (Wildman–Crippen LogP) is 1.86. The fraction of sp³-hybridized carbons (Fsp3) is 0.700. The Morgan fingerprint density at radius 2 is 2.12 bits per heavy atom. The van der Waals surface area contributed by atoms with Crippen LogP contribution in [0.15, 0.2) is 10.9 Å². The average molecular weight is 361 g/mol. The second-order valence-corrected chi connectivity index (χ2v) is 7.53. The van der Waals surface area contributed by atoms with Crippen LogP contribution in [0.3, 0.4) is 0 Å². The smallest absolute Gasteiger partial charge is 0.263 e. The van der Waals surface area contributed by atoms with E-state index < -0.39 is 0 Å². The highest BCUT2D eigenvalue weighted by atomic mass is 16.5. The normalized spacial score (nSPS) is 23.5. The zero-order valence-electron chi connectivity index (χ0n) is 16.2. The first kappa shape index (κ1) is 19.1. The number of ether oxygens (including phenoxy) is 1. The van der Waals surface area contributed by atoms with Gasteiger partial charge in [-0.3, -0.25) is 14.5 Å². The quantitative estimate of drug-likeness (QED) is 0.840. The number of likely N-dealkylation sites (tertiary alicyclic amines) is 1. The van der Waals surface area contributed by atoms with Crippen molar-refractivity contribution in [1.82, 2.24) is 14.8 Å². The standard InChI is InChI=1S/C20H31N3O3/c1-4-22-9-5-7-16(22)12-21-19(24)18-14(2)11-15(3)23(20(18)25)13-17-8-6-10-26-17/h11,16-17H,4-10,12-13H2,1-3H3,(H,21,24). The Balaban J connectivity index is 1.75. The summed E-state index contributed by atoms with van der Waals surface area (Å²) in [5, 5.41) is 3.00. The van der Waals surface area contributed by atoms with Gasteiger partial charge in [-0.15, -0.1) is 0 Å². The molecule has 2 aliphatic rings. The van der Waals surface area contributed by atoms with Crippen molar-refractivity contribution in [1.29, 1.82) is 0 Å². The number of aromatic nitrogens is 1. The topological polar surface area (TPSA) is 63.6 Å². The van der Waals surface area contributed by atoms with Gasteiger partial charge in [0.2, 0.25) is 0 Å². The summed E-state index contributed by atoms with van der Waals surface area (Å²) >= 11 is 0. The minimum atomic E-state index is -0.253. The van der Waals surface area contributed by atoms with Crippen molar-refractivity contribution in [3.8, 4) is 0 Å². The molecule has 0 aliphatic carbocycles. The van der Waals surface area contributed by atoms with Gasteiger partial charge in [0.25, 0.3) is 11.5 Å². The van der Waals surface area contributed by atoms with E-state index in [1.165, 1.54) is 6.42 Å². The van der Waals surface area contributed by atoms with E-state index in [1.54, 1.807) is 4.57 Å². The number of likely N-dealkylation sites (N-methyl/N-ethyl adjacent to an activating group) is 1. The maximum atomic E-state index is 13.0. The molecule has 3 rings (SSSR count). The predicted molar refractivity (Wildman–Crippen MR) is 102 cm³/mol. The second-order valence-electron chi connectivity index (χ2n) is 7.53. The Hall–Kier alpha value is -1.66. The Kier molecular flexibility index (Phi) is 6.14. The Bertz CT molecular complexity index is 707. The SMILES string of the molecule is CCN1CCCC1CNC(=O)c1c(C)cc(C)n(CC2CCCO2)c1=O. The van der Waals surface area contributed by atoms with Crippen LogP contribution in [0.2, 0.25) is 0 Å². The van der Waals surface area contributed by atoms with Gasteiger partial charge in [0, 0.05) is 24.9 Å². The fourth-order valence-electron chi connectivity index (χ4n) is 4.26. The molecule has 26 heavy (non-hydrogen) atoms. The lowest BCUT2D eigenvalue weighted by Crippen LogP contribution is -2.42. The molecule has 0 bridgehead atoms. The number of rotatable bonds is 6. The van der Waals surface area contributed by atoms with E-state index in [0.717, 1.165) is 50.2 Å². The summed E-state index contributed by atoms with van der Waals surface area (Å²) in [6, 6.07) is 2.31. The molecule has 0 saturated carbocycles. The number of amides is 1. The van der Waals surface area contributed by atoms with Crippen LogP contribution in [0.5, 0.6) is 0 Å². The molecular weight excluding hydrogens is 330 g/mol. The molecule has 2 unspecified atom stereocenters. The third-order valence-corrected chi connectivity index (χ3v) is 5.75. The van der Waals surface area contributed by atoms with Crippen LogP contribution in [-0.2, 0) is 11.3 Å². The minimum absolute atomic E-state index is 0.0709. The van der Waals surface area contributed by atoms with Crippen molar-refractivity contribution < 1.29 is 9.53 Å². The van der Waals surface area contributed by atoms with Gasteiger partial charge < -0.3 is 14.6 Å². The van der Waals surface area contributed by atoms with Crippen LogP contribution in [0, 0.1) is 13.8 Å². The lowest BCUT2D eigenvalue weighted by molar-refractivity contribution is 0.0920. The van der Waals surface area contributed by atoms with Crippen LogP contribution in [0.25, 0.3) is 0 Å². The first-order valence-electron chi connectivity index (χ1n) is 9.86. The third-order valence-electron chi connectivity index (χ3n) is 5.75. The molecule has 2 aliphatic heterocycles. The highest BCUT2D eigenvalue weighted by Crippen LogP contribution is 2.17. The van der Waals surface area contributed by atoms with Crippen LogP contribution in [0.4, 0.5) is 0 Å². The number of hydrogen-bond acceptors (Lipinski definition) is 4. The molecule has 2 saturated heterocycles. The highest BCUT2D eigenvalue weighted by molar-refractivity contribution is 5.95. The molecule has 0 aromatic carbocycles. The summed E-state index contributed by atoms with van der Waals surface area (Å²) in [6.45, 7) is 9.88. The van der Waals surface area contributed by atoms with Crippen molar-refractivity contribution in [3.05, 3.63) is 33.2 Å². The number of hydrogen-bond donors (Lipinski definition) is 1. The summed E-state index contributed by atoms with van der Waals surface area (Å²) < 4.78 is 7.37. The number of nitrogens with one attached hydrogen (secondary N) is 1. The molecule has 6 heteroatoms. The molecule has 0 radical (unpaired) electrons. The number of carbonyl (C=O) groups is 1. The van der Waals surface area contributed by atoms with Gasteiger partial charge in [0.1, 0.15) is 5.56 Å². The zero-order valence-corrected chi connectivity index (χ0v) is 16.2. The van der Waals surface area contributed by atoms with Gasteiger partial charge in [-0.1, -0.05) is 6.92 Å². The van der Waals surface area contributed by atoms with Crippen LogP contribution in [-0.4, -0.2) is 53.8 Å². The zero-order chi connectivity index (χ0) is 18.7. The Morgan fingerprint density at radius 3 is 2.81 bits per heavy atom. The lowest BCUT2D eigenvalue weighted by atomic mass is 10.1. The van der Waals surface area contributed by atoms with E-state index in [4.69, 9.17) is 4.74 Å². The fourth-order valence-corrected chi connectivity index (χ4v) is 4.26. The summed E-state index contributed by atoms with van der Waals surface area (Å²) in [4.78, 5) is 28.1. The van der Waals surface area contributed by atoms with Crippen molar-refractivity contribution in [2.24, 2.45) is 0 Å². The van der Waals surface area contributed by atoms with Crippen molar-refractivity contribution in [2.75, 3.05) is 26.2 Å². The van der Waals surface area contributed by atoms with Gasteiger partial charge >= 0.3 is 0 Å². The molecule has 6 nitrogen and oxygen atoms in total. The largest absolute Gasteiger partial charge is 0.376 e. The molecule has 1 N–H and O–H groups in total. The van der Waals surface area contributed by atoms with Gasteiger partial charge in [-0.2, -0.15) is 0 Å². The molecule has 2 fully saturated rings. The summed E-state index contributed by atoms with van der Waals surface area (Å²) in [5.41, 5.74) is 1.70. The van der Waals surface area contributed by atoms with Crippen LogP contribution < -0.4 is 10.9 Å². The maximum Gasteiger partial charge on any atom is 0.263 e. The molecule has 2 atom stereocenters. The number of pyridine rings is 1. The molecule has 1 aromatic rings. The molecule has 1 aromatic heterocycles. The van der Waals surface area contributed by atoms with E-state index in [1.807, 2.05) is 19.9 Å². The number of carbonyl (C=O) groups excluding carboxylic acids is 1. The highest BCUT2D eigenvalue weighted by Gasteiger charge is 2.25. The van der Waals surface area contributed by atoms with Crippen LogP contribution in [0.1, 0.15) is 54.2 Å². The van der Waals surface area contributed by atoms with E-state index >= 15 is 0 Å². The summed E-state index contributed by atoms with van der Waals surface area (Å²) in [7, 11) is 0. The second kappa shape index (κ2) is 8.35. The first-order chi connectivity index (χ1) is 12.5. The molecule has 3 heterocycles. The summed E-state index contributed by atoms with van der Waals surface area (Å²) in [6.07, 6.45) is 4.35. The first-order valence-corrected chi connectivity index (χ1v) is 9.86. The maximum absolute atomic E-state index is 13.0. The van der Waals surface area contributed by atoms with E-state index in [-0.39, 0.29) is 23.1 Å². The van der Waals surface area contributed by atoms with Crippen molar-refractivity contribution in [2.45, 2.75) is 65.1 Å². The average Bonchev–Trinajstić information content (AvgIpc) is 3.27. The van der Waals surface area contributed by atoms with E-state index in [2.05, 4.69) is 17.1 Å². The van der Waals surface area contributed by atoms with Gasteiger partial charge in [-0.25, -0.2) is 0 Å². The van der Waals surface area contributed by atoms with E-state index in [9.17, 15) is 9.59 Å². The minimum Gasteiger partial charge on any atom is -0.376 e.